The number of allylic oxidation sites excluding steroid dienone is 5. The highest BCUT2D eigenvalue weighted by Gasteiger charge is 2.14. The van der Waals surface area contributed by atoms with Gasteiger partial charge in [0.2, 0.25) is 0 Å². The second-order valence-corrected chi connectivity index (χ2v) is 4.09. The fourth-order valence-electron chi connectivity index (χ4n) is 2.06. The number of likely N-dealkylation sites (N-methyl/N-ethyl adjacent to an activating group) is 1. The van der Waals surface area contributed by atoms with Gasteiger partial charge in [-0.2, -0.15) is 0 Å². The van der Waals surface area contributed by atoms with Gasteiger partial charge in [0.05, 0.1) is 0 Å². The number of rotatable bonds is 2. The third-order valence-electron chi connectivity index (χ3n) is 2.99. The fraction of sp³-hybridized carbons (Fsp3) is 0.636. The summed E-state index contributed by atoms with van der Waals surface area (Å²) in [5.74, 6) is 0. The average Bonchev–Trinajstić information content (AvgIpc) is 2.73. The molecule has 0 saturated heterocycles. The van der Waals surface area contributed by atoms with E-state index >= 15 is 0 Å². The highest BCUT2D eigenvalue weighted by molar-refractivity contribution is 5.35. The molecule has 0 atom stereocenters. The van der Waals surface area contributed by atoms with E-state index in [0.717, 1.165) is 12.8 Å². The largest absolute Gasteiger partial charge is 0.345 e. The summed E-state index contributed by atoms with van der Waals surface area (Å²) in [5, 5.41) is 0. The van der Waals surface area contributed by atoms with Gasteiger partial charge in [0.25, 0.3) is 0 Å². The molecule has 1 aliphatic rings. The molecule has 0 aromatic rings. The van der Waals surface area contributed by atoms with Crippen molar-refractivity contribution >= 4 is 0 Å². The first kappa shape index (κ1) is 29.7. The summed E-state index contributed by atoms with van der Waals surface area (Å²) in [6.07, 6.45) is 8.51. The highest BCUT2D eigenvalue weighted by atomic mass is 15.1. The van der Waals surface area contributed by atoms with Gasteiger partial charge < -0.3 is 4.90 Å². The minimum atomic E-state index is 1.14. The van der Waals surface area contributed by atoms with Crippen molar-refractivity contribution in [3.05, 3.63) is 47.3 Å². The second-order valence-electron chi connectivity index (χ2n) is 4.09. The van der Waals surface area contributed by atoms with Crippen molar-refractivity contribution in [1.82, 2.24) is 4.90 Å². The first-order chi connectivity index (χ1) is 11.1. The molecular formula is C22H45N. The molecule has 0 aromatic carbocycles. The van der Waals surface area contributed by atoms with Crippen LogP contribution >= 0.6 is 0 Å². The Kier molecular flexibility index (Phi) is 29.8. The van der Waals surface area contributed by atoms with Crippen molar-refractivity contribution in [3.8, 4) is 0 Å². The van der Waals surface area contributed by atoms with Crippen LogP contribution in [0.5, 0.6) is 0 Å². The molecule has 1 heterocycles. The quantitative estimate of drug-likeness (QED) is 0.495. The average molecular weight is 324 g/mol. The van der Waals surface area contributed by atoms with Gasteiger partial charge in [0.1, 0.15) is 0 Å². The summed E-state index contributed by atoms with van der Waals surface area (Å²) in [6, 6.07) is 0. The molecule has 1 rings (SSSR count). The molecule has 138 valence electrons. The maximum absolute atomic E-state index is 3.90. The SMILES string of the molecule is C=CC1=C(C)CCC(C)=C(/C=C\C)N1C.CC.CC.CC.CC. The number of hydrogen-bond donors (Lipinski definition) is 0. The summed E-state index contributed by atoms with van der Waals surface area (Å²) >= 11 is 0. The van der Waals surface area contributed by atoms with Crippen LogP contribution < -0.4 is 0 Å². The normalized spacial score (nSPS) is 13.3. The zero-order valence-corrected chi connectivity index (χ0v) is 18.3. The molecule has 1 heteroatoms. The molecule has 23 heavy (non-hydrogen) atoms. The molecule has 0 saturated carbocycles. The van der Waals surface area contributed by atoms with Gasteiger partial charge in [-0.25, -0.2) is 0 Å². The standard InChI is InChI=1S/C14H21N.4C2H6/c1-6-8-14-12(4)10-9-11(3)13(7-2)15(14)5;4*1-2/h6-8H,2,9-10H2,1,3-5H3;4*1-2H3/b8-6-;;;;. The monoisotopic (exact) mass is 323 g/mol. The summed E-state index contributed by atoms with van der Waals surface area (Å²) in [5.41, 5.74) is 5.43. The number of hydrogen-bond acceptors (Lipinski definition) is 1. The molecule has 0 N–H and O–H groups in total. The Morgan fingerprint density at radius 1 is 0.783 bits per heavy atom. The molecule has 0 aromatic heterocycles. The van der Waals surface area contributed by atoms with Crippen LogP contribution in [0.2, 0.25) is 0 Å². The molecule has 1 nitrogen and oxygen atoms in total. The lowest BCUT2D eigenvalue weighted by atomic mass is 10.1. The zero-order valence-electron chi connectivity index (χ0n) is 18.3. The van der Waals surface area contributed by atoms with E-state index in [1.54, 1.807) is 0 Å². The van der Waals surface area contributed by atoms with Gasteiger partial charge in [-0.15, -0.1) is 0 Å². The third kappa shape index (κ3) is 11.9. The highest BCUT2D eigenvalue weighted by Crippen LogP contribution is 2.28. The predicted octanol–water partition coefficient (Wildman–Crippen LogP) is 8.13. The van der Waals surface area contributed by atoms with Crippen LogP contribution in [0.15, 0.2) is 47.3 Å². The lowest BCUT2D eigenvalue weighted by molar-refractivity contribution is 0.545. The molecule has 1 aliphatic heterocycles. The fourth-order valence-corrected chi connectivity index (χ4v) is 2.06. The molecule has 0 unspecified atom stereocenters. The van der Waals surface area contributed by atoms with Gasteiger partial charge in [-0.1, -0.05) is 68.0 Å². The molecule has 0 radical (unpaired) electrons. The molecule has 0 aliphatic carbocycles. The van der Waals surface area contributed by atoms with E-state index < -0.39 is 0 Å². The minimum absolute atomic E-state index is 1.14. The maximum atomic E-state index is 3.90. The van der Waals surface area contributed by atoms with Crippen LogP contribution in [0.4, 0.5) is 0 Å². The summed E-state index contributed by atoms with van der Waals surface area (Å²) in [7, 11) is 2.12. The van der Waals surface area contributed by atoms with Crippen LogP contribution in [-0.4, -0.2) is 11.9 Å². The second kappa shape index (κ2) is 23.0. The van der Waals surface area contributed by atoms with E-state index in [4.69, 9.17) is 0 Å². The first-order valence-electron chi connectivity index (χ1n) is 9.50. The van der Waals surface area contributed by atoms with E-state index in [0.29, 0.717) is 0 Å². The first-order valence-corrected chi connectivity index (χ1v) is 9.50. The van der Waals surface area contributed by atoms with Gasteiger partial charge in [-0.3, -0.25) is 0 Å². The van der Waals surface area contributed by atoms with Crippen LogP contribution in [-0.2, 0) is 0 Å². The van der Waals surface area contributed by atoms with Crippen molar-refractivity contribution in [3.63, 3.8) is 0 Å². The molecule has 0 bridgehead atoms. The van der Waals surface area contributed by atoms with Crippen LogP contribution in [0.25, 0.3) is 0 Å². The van der Waals surface area contributed by atoms with E-state index in [1.165, 1.54) is 22.5 Å². The summed E-state index contributed by atoms with van der Waals surface area (Å²) in [4.78, 5) is 2.24. The predicted molar refractivity (Wildman–Crippen MR) is 113 cm³/mol. The van der Waals surface area contributed by atoms with Gasteiger partial charge in [0, 0.05) is 18.4 Å². The molecule has 0 fully saturated rings. The number of nitrogens with zero attached hydrogens (tertiary/aromatic N) is 1. The van der Waals surface area contributed by atoms with E-state index in [-0.39, 0.29) is 0 Å². The molecule has 0 spiro atoms. The summed E-state index contributed by atoms with van der Waals surface area (Å²) in [6.45, 7) is 26.4. The Bertz CT molecular complexity index is 343. The molecular weight excluding hydrogens is 278 g/mol. The Labute approximate surface area is 148 Å². The van der Waals surface area contributed by atoms with Crippen LogP contribution in [0.1, 0.15) is 89.0 Å². The Morgan fingerprint density at radius 2 is 1.13 bits per heavy atom. The van der Waals surface area contributed by atoms with Gasteiger partial charge >= 0.3 is 0 Å². The topological polar surface area (TPSA) is 3.24 Å². The minimum Gasteiger partial charge on any atom is -0.345 e. The molecule has 0 amide bonds. The Morgan fingerprint density at radius 3 is 1.43 bits per heavy atom. The smallest absolute Gasteiger partial charge is 0.0393 e. The third-order valence-corrected chi connectivity index (χ3v) is 2.99. The lowest BCUT2D eigenvalue weighted by Crippen LogP contribution is -2.15. The lowest BCUT2D eigenvalue weighted by Gasteiger charge is -2.23. The van der Waals surface area contributed by atoms with E-state index in [1.807, 2.05) is 61.5 Å². The van der Waals surface area contributed by atoms with Gasteiger partial charge in [0.15, 0.2) is 0 Å². The Hall–Kier alpha value is -1.24. The van der Waals surface area contributed by atoms with Crippen molar-refractivity contribution in [2.24, 2.45) is 0 Å². The van der Waals surface area contributed by atoms with Crippen LogP contribution in [0.3, 0.4) is 0 Å². The van der Waals surface area contributed by atoms with Gasteiger partial charge in [-0.05, 0) is 56.9 Å². The van der Waals surface area contributed by atoms with Crippen LogP contribution in [0, 0.1) is 0 Å². The Balaban J connectivity index is -0.000000196. The zero-order chi connectivity index (χ0) is 19.4. The maximum Gasteiger partial charge on any atom is 0.0393 e. The summed E-state index contributed by atoms with van der Waals surface area (Å²) < 4.78 is 0. The van der Waals surface area contributed by atoms with Crippen molar-refractivity contribution in [2.75, 3.05) is 7.05 Å². The van der Waals surface area contributed by atoms with Crippen molar-refractivity contribution in [1.29, 1.82) is 0 Å². The van der Waals surface area contributed by atoms with E-state index in [9.17, 15) is 0 Å². The van der Waals surface area contributed by atoms with Crippen molar-refractivity contribution in [2.45, 2.75) is 89.0 Å². The van der Waals surface area contributed by atoms with Crippen molar-refractivity contribution < 1.29 is 0 Å². The van der Waals surface area contributed by atoms with E-state index in [2.05, 4.69) is 51.4 Å².